The van der Waals surface area contributed by atoms with Gasteiger partial charge in [0.1, 0.15) is 23.8 Å². The average molecular weight is 331 g/mol. The lowest BCUT2D eigenvalue weighted by Gasteiger charge is -2.17. The molecule has 0 radical (unpaired) electrons. The zero-order valence-corrected chi connectivity index (χ0v) is 12.9. The smallest absolute Gasteiger partial charge is 0.335 e. The number of aromatic carboxylic acids is 1. The molecule has 1 aliphatic heterocycles. The maximum absolute atomic E-state index is 13.2. The minimum Gasteiger partial charge on any atom is -0.486 e. The molecule has 2 aromatic rings. The Morgan fingerprint density at radius 2 is 2.00 bits per heavy atom. The maximum atomic E-state index is 13.2. The number of β-amino-alcohol motifs (C(OH)–C–C–N with tert-alkyl or cyclic N) is 1. The molecule has 0 unspecified atom stereocenters. The van der Waals surface area contributed by atoms with Gasteiger partial charge in [-0.05, 0) is 29.8 Å². The van der Waals surface area contributed by atoms with Crippen LogP contribution in [-0.2, 0) is 6.54 Å². The number of rotatable bonds is 5. The van der Waals surface area contributed by atoms with E-state index in [0.717, 1.165) is 5.56 Å². The molecule has 5 nitrogen and oxygen atoms in total. The standard InChI is InChI=1S/C18H18FNO4/c19-14-5-2-6-15(8-14)24-17-11-20(10-16(17)21)9-12-3-1-4-13(7-12)18(22)23/h1-8,16-17,21H,9-11H2,(H,22,23)/t16-,17-/m1/s1. The molecular weight excluding hydrogens is 313 g/mol. The summed E-state index contributed by atoms with van der Waals surface area (Å²) in [6, 6.07) is 12.5. The number of halogens is 1. The number of nitrogens with zero attached hydrogens (tertiary/aromatic N) is 1. The number of hydrogen-bond donors (Lipinski definition) is 2. The molecule has 24 heavy (non-hydrogen) atoms. The summed E-state index contributed by atoms with van der Waals surface area (Å²) in [5.74, 6) is -0.971. The Kier molecular flexibility index (Phi) is 4.78. The lowest BCUT2D eigenvalue weighted by molar-refractivity contribution is 0.0696. The van der Waals surface area contributed by atoms with Crippen molar-refractivity contribution in [1.82, 2.24) is 4.90 Å². The molecule has 1 aliphatic rings. The van der Waals surface area contributed by atoms with Crippen LogP contribution >= 0.6 is 0 Å². The number of aliphatic hydroxyl groups excluding tert-OH is 1. The van der Waals surface area contributed by atoms with Crippen molar-refractivity contribution >= 4 is 5.97 Å². The van der Waals surface area contributed by atoms with Crippen LogP contribution in [0.4, 0.5) is 4.39 Å². The molecule has 6 heteroatoms. The molecule has 0 aromatic heterocycles. The molecule has 0 spiro atoms. The van der Waals surface area contributed by atoms with Gasteiger partial charge in [-0.3, -0.25) is 4.90 Å². The highest BCUT2D eigenvalue weighted by molar-refractivity contribution is 5.87. The van der Waals surface area contributed by atoms with E-state index in [1.54, 1.807) is 30.3 Å². The van der Waals surface area contributed by atoms with Crippen LogP contribution < -0.4 is 4.74 Å². The second-order valence-electron chi connectivity index (χ2n) is 5.88. The molecule has 0 aliphatic carbocycles. The van der Waals surface area contributed by atoms with Gasteiger partial charge in [-0.2, -0.15) is 0 Å². The van der Waals surface area contributed by atoms with E-state index in [-0.39, 0.29) is 11.4 Å². The first-order chi connectivity index (χ1) is 11.5. The van der Waals surface area contributed by atoms with Crippen molar-refractivity contribution in [3.8, 4) is 5.75 Å². The van der Waals surface area contributed by atoms with Gasteiger partial charge in [-0.15, -0.1) is 0 Å². The van der Waals surface area contributed by atoms with Crippen LogP contribution in [0.3, 0.4) is 0 Å². The highest BCUT2D eigenvalue weighted by Gasteiger charge is 2.33. The van der Waals surface area contributed by atoms with E-state index in [9.17, 15) is 14.3 Å². The number of likely N-dealkylation sites (tertiary alicyclic amines) is 1. The normalized spacial score (nSPS) is 20.9. The van der Waals surface area contributed by atoms with Gasteiger partial charge < -0.3 is 14.9 Å². The topological polar surface area (TPSA) is 70.0 Å². The molecule has 126 valence electrons. The first kappa shape index (κ1) is 16.4. The summed E-state index contributed by atoms with van der Waals surface area (Å²) in [7, 11) is 0. The molecular formula is C18H18FNO4. The van der Waals surface area contributed by atoms with Gasteiger partial charge in [-0.25, -0.2) is 9.18 Å². The van der Waals surface area contributed by atoms with E-state index >= 15 is 0 Å². The van der Waals surface area contributed by atoms with Crippen LogP contribution in [0.5, 0.6) is 5.75 Å². The second-order valence-corrected chi connectivity index (χ2v) is 5.88. The summed E-state index contributed by atoms with van der Waals surface area (Å²) < 4.78 is 18.9. The summed E-state index contributed by atoms with van der Waals surface area (Å²) in [6.07, 6.45) is -1.13. The van der Waals surface area contributed by atoms with E-state index in [1.165, 1.54) is 12.1 Å². The third-order valence-electron chi connectivity index (χ3n) is 3.98. The van der Waals surface area contributed by atoms with Crippen molar-refractivity contribution in [2.45, 2.75) is 18.8 Å². The minimum atomic E-state index is -0.967. The highest BCUT2D eigenvalue weighted by atomic mass is 19.1. The highest BCUT2D eigenvalue weighted by Crippen LogP contribution is 2.21. The van der Waals surface area contributed by atoms with Gasteiger partial charge in [0.25, 0.3) is 0 Å². The number of carboxylic acids is 1. The maximum Gasteiger partial charge on any atom is 0.335 e. The van der Waals surface area contributed by atoms with Gasteiger partial charge in [0, 0.05) is 25.7 Å². The summed E-state index contributed by atoms with van der Waals surface area (Å²) >= 11 is 0. The van der Waals surface area contributed by atoms with Crippen molar-refractivity contribution in [2.75, 3.05) is 13.1 Å². The lowest BCUT2D eigenvalue weighted by atomic mass is 10.1. The SMILES string of the molecule is O=C(O)c1cccc(CN2C[C@@H](O)[C@H](Oc3cccc(F)c3)C2)c1. The fourth-order valence-corrected chi connectivity index (χ4v) is 2.85. The third-order valence-corrected chi connectivity index (χ3v) is 3.98. The van der Waals surface area contributed by atoms with E-state index < -0.39 is 18.2 Å². The van der Waals surface area contributed by atoms with Crippen LogP contribution in [0.15, 0.2) is 48.5 Å². The Labute approximate surface area is 138 Å². The molecule has 3 rings (SSSR count). The molecule has 1 heterocycles. The fraction of sp³-hybridized carbons (Fsp3) is 0.278. The van der Waals surface area contributed by atoms with Crippen molar-refractivity contribution in [3.63, 3.8) is 0 Å². The molecule has 0 amide bonds. The van der Waals surface area contributed by atoms with Crippen molar-refractivity contribution in [1.29, 1.82) is 0 Å². The van der Waals surface area contributed by atoms with Crippen molar-refractivity contribution in [3.05, 3.63) is 65.5 Å². The molecule has 1 fully saturated rings. The third kappa shape index (κ3) is 3.90. The second kappa shape index (κ2) is 6.98. The van der Waals surface area contributed by atoms with Crippen LogP contribution in [0, 0.1) is 5.82 Å². The molecule has 1 saturated heterocycles. The molecule has 0 saturated carbocycles. The molecule has 0 bridgehead atoms. The van der Waals surface area contributed by atoms with Crippen LogP contribution in [0.25, 0.3) is 0 Å². The predicted molar refractivity (Wildman–Crippen MR) is 85.5 cm³/mol. The van der Waals surface area contributed by atoms with Crippen LogP contribution in [0.1, 0.15) is 15.9 Å². The first-order valence-electron chi connectivity index (χ1n) is 7.66. The number of ether oxygens (including phenoxy) is 1. The Bertz CT molecular complexity index is 736. The number of carboxylic acid groups (broad SMARTS) is 1. The summed E-state index contributed by atoms with van der Waals surface area (Å²) in [5.41, 5.74) is 1.09. The molecule has 2 atom stereocenters. The van der Waals surface area contributed by atoms with Crippen LogP contribution in [0.2, 0.25) is 0 Å². The zero-order valence-electron chi connectivity index (χ0n) is 12.9. The number of aliphatic hydroxyl groups is 1. The van der Waals surface area contributed by atoms with Gasteiger partial charge >= 0.3 is 5.97 Å². The van der Waals surface area contributed by atoms with Gasteiger partial charge in [0.15, 0.2) is 0 Å². The summed E-state index contributed by atoms with van der Waals surface area (Å²) in [5, 5.41) is 19.2. The number of benzene rings is 2. The minimum absolute atomic E-state index is 0.236. The van der Waals surface area contributed by atoms with Crippen molar-refractivity contribution in [2.24, 2.45) is 0 Å². The Morgan fingerprint density at radius 1 is 1.21 bits per heavy atom. The number of hydrogen-bond acceptors (Lipinski definition) is 4. The van der Waals surface area contributed by atoms with Crippen molar-refractivity contribution < 1.29 is 24.1 Å². The van der Waals surface area contributed by atoms with E-state index in [0.29, 0.717) is 25.4 Å². The summed E-state index contributed by atoms with van der Waals surface area (Å²) in [6.45, 7) is 1.41. The quantitative estimate of drug-likeness (QED) is 0.878. The average Bonchev–Trinajstić information content (AvgIpc) is 2.87. The van der Waals surface area contributed by atoms with Crippen LogP contribution in [-0.4, -0.2) is 46.4 Å². The predicted octanol–water partition coefficient (Wildman–Crippen LogP) is 2.15. The Balaban J connectivity index is 1.63. The summed E-state index contributed by atoms with van der Waals surface area (Å²) in [4.78, 5) is 13.0. The Morgan fingerprint density at radius 3 is 2.75 bits per heavy atom. The fourth-order valence-electron chi connectivity index (χ4n) is 2.85. The Hall–Kier alpha value is -2.44. The number of carbonyl (C=O) groups is 1. The van der Waals surface area contributed by atoms with E-state index in [4.69, 9.17) is 9.84 Å². The lowest BCUT2D eigenvalue weighted by Crippen LogP contribution is -2.29. The monoisotopic (exact) mass is 331 g/mol. The zero-order chi connectivity index (χ0) is 17.1. The largest absolute Gasteiger partial charge is 0.486 e. The van der Waals surface area contributed by atoms with E-state index in [1.807, 2.05) is 11.0 Å². The first-order valence-corrected chi connectivity index (χ1v) is 7.66. The van der Waals surface area contributed by atoms with E-state index in [2.05, 4.69) is 0 Å². The molecule has 2 aromatic carbocycles. The van der Waals surface area contributed by atoms with Gasteiger partial charge in [0.05, 0.1) is 5.56 Å². The molecule has 2 N–H and O–H groups in total. The van der Waals surface area contributed by atoms with Gasteiger partial charge in [-0.1, -0.05) is 18.2 Å². The van der Waals surface area contributed by atoms with Gasteiger partial charge in [0.2, 0.25) is 0 Å².